The summed E-state index contributed by atoms with van der Waals surface area (Å²) in [5.74, 6) is -1.67. The summed E-state index contributed by atoms with van der Waals surface area (Å²) in [5.41, 5.74) is 0. The molecule has 0 aliphatic rings. The van der Waals surface area contributed by atoms with E-state index in [0.717, 1.165) is 33.0 Å². The molecule has 0 heterocycles. The molecular weight excluding hydrogens is 247 g/mol. The van der Waals surface area contributed by atoms with E-state index >= 15 is 0 Å². The molecule has 0 radical (unpaired) electrons. The summed E-state index contributed by atoms with van der Waals surface area (Å²) < 4.78 is 0. The number of hydrogen-bond acceptors (Lipinski definition) is 3. The average Bonchev–Trinajstić information content (AvgIpc) is 2.16. The molecule has 0 aromatic carbocycles. The van der Waals surface area contributed by atoms with Gasteiger partial charge in [-0.3, -0.25) is 9.59 Å². The van der Waals surface area contributed by atoms with Crippen LogP contribution >= 0.6 is 0 Å². The van der Waals surface area contributed by atoms with Gasteiger partial charge in [0.25, 0.3) is 11.9 Å². The predicted molar refractivity (Wildman–Crippen MR) is 73.2 cm³/mol. The van der Waals surface area contributed by atoms with Crippen molar-refractivity contribution in [2.45, 2.75) is 59.3 Å². The van der Waals surface area contributed by atoms with Gasteiger partial charge in [0.2, 0.25) is 0 Å². The van der Waals surface area contributed by atoms with Crippen LogP contribution in [0.5, 0.6) is 0 Å². The normalized spacial score (nSPS) is 7.50. The van der Waals surface area contributed by atoms with Crippen molar-refractivity contribution in [1.29, 1.82) is 0 Å². The summed E-state index contributed by atoms with van der Waals surface area (Å²) in [7, 11) is 0. The summed E-state index contributed by atoms with van der Waals surface area (Å²) >= 11 is 0. The molecule has 0 aromatic rings. The molecule has 104 valence electrons. The quantitative estimate of drug-likeness (QED) is 0.439. The second-order valence-corrected chi connectivity index (χ2v) is 3.41. The van der Waals surface area contributed by atoms with Crippen LogP contribution in [0.25, 0.3) is 0 Å². The zero-order valence-corrected chi connectivity index (χ0v) is 10.9. The van der Waals surface area contributed by atoms with Crippen LogP contribution in [0, 0.1) is 0 Å². The number of carboxylic acid groups (broad SMARTS) is 2. The summed E-state index contributed by atoms with van der Waals surface area (Å²) in [6.07, 6.45) is 7.97. The van der Waals surface area contributed by atoms with Gasteiger partial charge in [0.05, 0.1) is 0 Å². The fraction of sp³-hybridized carbons (Fsp3) is 0.750. The molecule has 0 fully saturated rings. The van der Waals surface area contributed by atoms with Crippen LogP contribution in [-0.4, -0.2) is 58.0 Å². The summed E-state index contributed by atoms with van der Waals surface area (Å²) in [6, 6.07) is 0. The molecule has 6 heteroatoms. The van der Waals surface area contributed by atoms with Crippen molar-refractivity contribution in [2.75, 3.05) is 0 Å². The first-order chi connectivity index (χ1) is 7.88. The zero-order valence-electron chi connectivity index (χ0n) is 10.9. The molecule has 0 aliphatic heterocycles. The molecule has 0 saturated carbocycles. The van der Waals surface area contributed by atoms with Gasteiger partial charge < -0.3 is 15.0 Å². The Balaban J connectivity index is -0.0000000922. The first kappa shape index (κ1) is 26.2. The van der Waals surface area contributed by atoms with Crippen LogP contribution in [0.15, 0.2) is 0 Å². The molecule has 0 bridgehead atoms. The number of rotatable bonds is 6. The van der Waals surface area contributed by atoms with Crippen molar-refractivity contribution in [3.8, 4) is 0 Å². The van der Waals surface area contributed by atoms with Crippen LogP contribution in [0.1, 0.15) is 59.3 Å². The van der Waals surface area contributed by atoms with Gasteiger partial charge in [-0.05, 0) is 6.42 Å². The van der Waals surface area contributed by atoms with Gasteiger partial charge >= 0.3 is 29.6 Å². The molecule has 0 unspecified atom stereocenters. The third-order valence-electron chi connectivity index (χ3n) is 1.43. The molecule has 0 aromatic heterocycles. The van der Waals surface area contributed by atoms with Crippen molar-refractivity contribution in [3.05, 3.63) is 0 Å². The van der Waals surface area contributed by atoms with Crippen molar-refractivity contribution in [2.24, 2.45) is 0 Å². The van der Waals surface area contributed by atoms with Gasteiger partial charge in [-0.25, -0.2) is 0 Å². The minimum atomic E-state index is -0.833. The van der Waals surface area contributed by atoms with E-state index in [-0.39, 0.29) is 29.6 Å². The average molecular weight is 272 g/mol. The molecule has 2 N–H and O–H groups in total. The Morgan fingerprint density at radius 1 is 0.944 bits per heavy atom. The second-order valence-electron chi connectivity index (χ2n) is 3.41. The Hall–Kier alpha value is -0.390. The number of unbranched alkanes of at least 4 members (excludes halogenated alkanes) is 5. The van der Waals surface area contributed by atoms with Crippen LogP contribution in [0.3, 0.4) is 0 Å². The standard InChI is InChI=1S/C8H16O.2C2H4O2.Na.H/c1-2-3-4-5-6-7-8-9;2*1-2(3)4;;/h8H,2-7H2,1H3;2*1H3,(H,3,4);;. The Labute approximate surface area is 131 Å². The summed E-state index contributed by atoms with van der Waals surface area (Å²) in [6.45, 7) is 4.36. The first-order valence-electron chi connectivity index (χ1n) is 5.71. The van der Waals surface area contributed by atoms with E-state index < -0.39 is 11.9 Å². The van der Waals surface area contributed by atoms with Crippen molar-refractivity contribution >= 4 is 47.8 Å². The molecule has 0 spiro atoms. The van der Waals surface area contributed by atoms with E-state index in [1.807, 2.05) is 0 Å². The van der Waals surface area contributed by atoms with E-state index in [4.69, 9.17) is 19.8 Å². The second kappa shape index (κ2) is 25.5. The monoisotopic (exact) mass is 272 g/mol. The Morgan fingerprint density at radius 2 is 1.28 bits per heavy atom. The third kappa shape index (κ3) is 106. The maximum atomic E-state index is 9.84. The van der Waals surface area contributed by atoms with Crippen LogP contribution in [0.4, 0.5) is 0 Å². The van der Waals surface area contributed by atoms with E-state index in [2.05, 4.69) is 6.92 Å². The molecule has 0 atom stereocenters. The van der Waals surface area contributed by atoms with Gasteiger partial charge in [0.1, 0.15) is 6.29 Å². The topological polar surface area (TPSA) is 91.7 Å². The SMILES string of the molecule is CC(=O)O.CC(=O)O.CCCCCCCC=O.[NaH]. The number of hydrogen-bond donors (Lipinski definition) is 2. The Morgan fingerprint density at radius 3 is 1.56 bits per heavy atom. The summed E-state index contributed by atoms with van der Waals surface area (Å²) in [4.78, 5) is 27.8. The van der Waals surface area contributed by atoms with E-state index in [1.54, 1.807) is 0 Å². The zero-order chi connectivity index (χ0) is 14.1. The predicted octanol–water partition coefficient (Wildman–Crippen LogP) is 2.08. The fourth-order valence-corrected chi connectivity index (χ4v) is 0.831. The van der Waals surface area contributed by atoms with E-state index in [9.17, 15) is 4.79 Å². The molecule has 0 aliphatic carbocycles. The fourth-order valence-electron chi connectivity index (χ4n) is 0.831. The van der Waals surface area contributed by atoms with Crippen LogP contribution in [-0.2, 0) is 14.4 Å². The third-order valence-corrected chi connectivity index (χ3v) is 1.43. The van der Waals surface area contributed by atoms with Crippen LogP contribution in [0.2, 0.25) is 0 Å². The minimum absolute atomic E-state index is 0. The first-order valence-corrected chi connectivity index (χ1v) is 5.71. The van der Waals surface area contributed by atoms with Gasteiger partial charge in [-0.2, -0.15) is 0 Å². The number of aliphatic carboxylic acids is 2. The van der Waals surface area contributed by atoms with Crippen molar-refractivity contribution < 1.29 is 24.6 Å². The van der Waals surface area contributed by atoms with Crippen molar-refractivity contribution in [1.82, 2.24) is 0 Å². The number of aldehydes is 1. The van der Waals surface area contributed by atoms with E-state index in [1.165, 1.54) is 25.7 Å². The number of carbonyl (C=O) groups is 3. The van der Waals surface area contributed by atoms with Crippen molar-refractivity contribution in [3.63, 3.8) is 0 Å². The summed E-state index contributed by atoms with van der Waals surface area (Å²) in [5, 5.41) is 14.8. The van der Waals surface area contributed by atoms with Gasteiger partial charge in [0.15, 0.2) is 0 Å². The van der Waals surface area contributed by atoms with Crippen LogP contribution < -0.4 is 0 Å². The Bertz CT molecular complexity index is 175. The Kier molecular flexibility index (Phi) is 37.1. The molecule has 0 rings (SSSR count). The molecule has 5 nitrogen and oxygen atoms in total. The molecular formula is C12H25NaO5. The molecule has 0 amide bonds. The maximum absolute atomic E-state index is 9.84. The number of carboxylic acids is 2. The van der Waals surface area contributed by atoms with Gasteiger partial charge in [-0.1, -0.05) is 32.6 Å². The molecule has 0 saturated heterocycles. The van der Waals surface area contributed by atoms with Gasteiger partial charge in [0, 0.05) is 20.3 Å². The van der Waals surface area contributed by atoms with E-state index in [0.29, 0.717) is 0 Å². The number of carbonyl (C=O) groups excluding carboxylic acids is 1. The molecule has 18 heavy (non-hydrogen) atoms. The van der Waals surface area contributed by atoms with Gasteiger partial charge in [-0.15, -0.1) is 0 Å².